The van der Waals surface area contributed by atoms with Crippen LogP contribution < -0.4 is 4.74 Å². The van der Waals surface area contributed by atoms with Crippen molar-refractivity contribution in [2.24, 2.45) is 0 Å². The molecule has 0 radical (unpaired) electrons. The third kappa shape index (κ3) is 4.47. The minimum atomic E-state index is -0.0962. The lowest BCUT2D eigenvalue weighted by Gasteiger charge is -2.19. The Morgan fingerprint density at radius 2 is 2.00 bits per heavy atom. The highest BCUT2D eigenvalue weighted by Gasteiger charge is 2.19. The number of aromatic nitrogens is 4. The molecule has 0 spiro atoms. The summed E-state index contributed by atoms with van der Waals surface area (Å²) in [5.74, 6) is 1.91. The van der Waals surface area contributed by atoms with Gasteiger partial charge in [-0.2, -0.15) is 0 Å². The van der Waals surface area contributed by atoms with Crippen molar-refractivity contribution in [2.75, 3.05) is 12.4 Å². The molecule has 0 bridgehead atoms. The number of benzene rings is 1. The van der Waals surface area contributed by atoms with Gasteiger partial charge in [0.25, 0.3) is 0 Å². The van der Waals surface area contributed by atoms with Gasteiger partial charge in [0.05, 0.1) is 12.1 Å². The minimum absolute atomic E-state index is 0.0962. The summed E-state index contributed by atoms with van der Waals surface area (Å²) in [4.78, 5) is 0. The van der Waals surface area contributed by atoms with Crippen LogP contribution in [-0.2, 0) is 5.54 Å². The minimum Gasteiger partial charge on any atom is -0.493 e. The lowest BCUT2D eigenvalue weighted by Crippen LogP contribution is -2.24. The van der Waals surface area contributed by atoms with Crippen LogP contribution in [0.15, 0.2) is 23.4 Å². The Hall–Kier alpha value is -1.56. The zero-order chi connectivity index (χ0) is 16.2. The van der Waals surface area contributed by atoms with Gasteiger partial charge in [-0.3, -0.25) is 0 Å². The van der Waals surface area contributed by atoms with Gasteiger partial charge in [0, 0.05) is 5.75 Å². The molecule has 0 amide bonds. The van der Waals surface area contributed by atoms with E-state index in [0.717, 1.165) is 23.1 Å². The van der Waals surface area contributed by atoms with Crippen LogP contribution >= 0.6 is 11.8 Å². The molecule has 1 aromatic heterocycles. The molecule has 0 unspecified atom stereocenters. The molecule has 2 aromatic rings. The molecule has 1 aromatic carbocycles. The molecule has 5 nitrogen and oxygen atoms in total. The first kappa shape index (κ1) is 16.8. The van der Waals surface area contributed by atoms with E-state index in [1.807, 2.05) is 4.68 Å². The number of hydrogen-bond donors (Lipinski definition) is 0. The summed E-state index contributed by atoms with van der Waals surface area (Å²) in [7, 11) is 0. The van der Waals surface area contributed by atoms with Crippen molar-refractivity contribution in [3.8, 4) is 5.75 Å². The van der Waals surface area contributed by atoms with Crippen molar-refractivity contribution in [3.63, 3.8) is 0 Å². The third-order valence-electron chi connectivity index (χ3n) is 3.20. The smallest absolute Gasteiger partial charge is 0.209 e. The Bertz CT molecular complexity index is 619. The number of thioether (sulfide) groups is 1. The average molecular weight is 320 g/mol. The van der Waals surface area contributed by atoms with Gasteiger partial charge in [0.15, 0.2) is 0 Å². The summed E-state index contributed by atoms with van der Waals surface area (Å²) in [5.41, 5.74) is 2.30. The van der Waals surface area contributed by atoms with E-state index < -0.39 is 0 Å². The predicted molar refractivity (Wildman–Crippen MR) is 89.6 cm³/mol. The molecule has 1 heterocycles. The van der Waals surface area contributed by atoms with Crippen LogP contribution in [0.1, 0.15) is 38.3 Å². The molecule has 0 saturated heterocycles. The van der Waals surface area contributed by atoms with Gasteiger partial charge in [-0.05, 0) is 68.7 Å². The van der Waals surface area contributed by atoms with Gasteiger partial charge in [0.2, 0.25) is 5.16 Å². The van der Waals surface area contributed by atoms with Crippen LogP contribution in [0.25, 0.3) is 0 Å². The highest BCUT2D eigenvalue weighted by molar-refractivity contribution is 7.99. The van der Waals surface area contributed by atoms with Crippen LogP contribution in [0.2, 0.25) is 0 Å². The maximum atomic E-state index is 5.86. The molecule has 0 saturated carbocycles. The summed E-state index contributed by atoms with van der Waals surface area (Å²) < 4.78 is 7.73. The normalized spacial score (nSPS) is 11.7. The van der Waals surface area contributed by atoms with Crippen LogP contribution in [0.3, 0.4) is 0 Å². The zero-order valence-corrected chi connectivity index (χ0v) is 14.8. The SMILES string of the molecule is Cc1ccc(C)c(OCCCSc2nnnn2C(C)(C)C)c1. The van der Waals surface area contributed by atoms with Gasteiger partial charge in [0.1, 0.15) is 5.75 Å². The summed E-state index contributed by atoms with van der Waals surface area (Å²) in [6, 6.07) is 6.28. The van der Waals surface area contributed by atoms with Gasteiger partial charge in [-0.25, -0.2) is 4.68 Å². The fourth-order valence-electron chi connectivity index (χ4n) is 1.96. The van der Waals surface area contributed by atoms with Crippen molar-refractivity contribution in [1.82, 2.24) is 20.2 Å². The standard InChI is InChI=1S/C16H24N4OS/c1-12-7-8-13(2)14(11-12)21-9-6-10-22-15-17-18-19-20(15)16(3,4)5/h7-8,11H,6,9-10H2,1-5H3. The molecule has 22 heavy (non-hydrogen) atoms. The van der Waals surface area contributed by atoms with E-state index in [0.29, 0.717) is 6.61 Å². The number of ether oxygens (including phenoxy) is 1. The molecule has 0 aliphatic rings. The van der Waals surface area contributed by atoms with Crippen LogP contribution in [0.5, 0.6) is 5.75 Å². The highest BCUT2D eigenvalue weighted by Crippen LogP contribution is 2.23. The third-order valence-corrected chi connectivity index (χ3v) is 4.20. The molecular formula is C16H24N4OS. The second kappa shape index (κ2) is 7.13. The topological polar surface area (TPSA) is 52.8 Å². The fraction of sp³-hybridized carbons (Fsp3) is 0.562. The maximum absolute atomic E-state index is 5.86. The summed E-state index contributed by atoms with van der Waals surface area (Å²) >= 11 is 1.67. The maximum Gasteiger partial charge on any atom is 0.209 e. The van der Waals surface area contributed by atoms with Gasteiger partial charge < -0.3 is 4.74 Å². The van der Waals surface area contributed by atoms with E-state index >= 15 is 0 Å². The van der Waals surface area contributed by atoms with Crippen LogP contribution in [0.4, 0.5) is 0 Å². The highest BCUT2D eigenvalue weighted by atomic mass is 32.2. The molecule has 0 aliphatic heterocycles. The lowest BCUT2D eigenvalue weighted by atomic mass is 10.1. The van der Waals surface area contributed by atoms with Crippen molar-refractivity contribution in [3.05, 3.63) is 29.3 Å². The van der Waals surface area contributed by atoms with E-state index in [4.69, 9.17) is 4.74 Å². The molecule has 120 valence electrons. The number of rotatable bonds is 6. The van der Waals surface area contributed by atoms with Gasteiger partial charge in [-0.15, -0.1) is 5.10 Å². The number of nitrogens with zero attached hydrogens (tertiary/aromatic N) is 4. The van der Waals surface area contributed by atoms with Crippen molar-refractivity contribution < 1.29 is 4.74 Å². The van der Waals surface area contributed by atoms with Crippen molar-refractivity contribution in [2.45, 2.75) is 51.7 Å². The second-order valence-corrected chi connectivity index (χ2v) is 7.43. The molecule has 0 fully saturated rings. The quantitative estimate of drug-likeness (QED) is 0.601. The Morgan fingerprint density at radius 1 is 1.23 bits per heavy atom. The van der Waals surface area contributed by atoms with Crippen molar-refractivity contribution >= 4 is 11.8 Å². The molecular weight excluding hydrogens is 296 g/mol. The van der Waals surface area contributed by atoms with E-state index in [9.17, 15) is 0 Å². The number of hydrogen-bond acceptors (Lipinski definition) is 5. The molecule has 2 rings (SSSR count). The second-order valence-electron chi connectivity index (χ2n) is 6.36. The Kier molecular flexibility index (Phi) is 5.45. The van der Waals surface area contributed by atoms with E-state index in [-0.39, 0.29) is 5.54 Å². The monoisotopic (exact) mass is 320 g/mol. The average Bonchev–Trinajstić information content (AvgIpc) is 2.90. The molecule has 0 atom stereocenters. The lowest BCUT2D eigenvalue weighted by molar-refractivity contribution is 0.315. The Labute approximate surface area is 136 Å². The summed E-state index contributed by atoms with van der Waals surface area (Å²) in [6.07, 6.45) is 0.953. The van der Waals surface area contributed by atoms with Crippen LogP contribution in [-0.4, -0.2) is 32.6 Å². The first-order chi connectivity index (χ1) is 10.4. The zero-order valence-electron chi connectivity index (χ0n) is 14.0. The van der Waals surface area contributed by atoms with Crippen LogP contribution in [0, 0.1) is 13.8 Å². The first-order valence-corrected chi connectivity index (χ1v) is 8.48. The molecule has 6 heteroatoms. The van der Waals surface area contributed by atoms with E-state index in [1.165, 1.54) is 11.1 Å². The Morgan fingerprint density at radius 3 is 2.73 bits per heavy atom. The van der Waals surface area contributed by atoms with Crippen molar-refractivity contribution in [1.29, 1.82) is 0 Å². The molecule has 0 aliphatic carbocycles. The fourth-order valence-corrected chi connectivity index (χ4v) is 2.93. The van der Waals surface area contributed by atoms with Gasteiger partial charge in [-0.1, -0.05) is 23.9 Å². The Balaban J connectivity index is 1.79. The summed E-state index contributed by atoms with van der Waals surface area (Å²) in [6.45, 7) is 11.1. The van der Waals surface area contributed by atoms with Gasteiger partial charge >= 0.3 is 0 Å². The van der Waals surface area contributed by atoms with E-state index in [2.05, 4.69) is 68.3 Å². The van der Waals surface area contributed by atoms with E-state index in [1.54, 1.807) is 11.8 Å². The molecule has 0 N–H and O–H groups in total. The first-order valence-electron chi connectivity index (χ1n) is 7.49. The largest absolute Gasteiger partial charge is 0.493 e. The number of aryl methyl sites for hydroxylation is 2. The summed E-state index contributed by atoms with van der Waals surface area (Å²) in [5, 5.41) is 12.8. The number of tetrazole rings is 1. The predicted octanol–water partition coefficient (Wildman–Crippen LogP) is 3.61.